The number of hydrogen-bond acceptors (Lipinski definition) is 4. The number of nitrogens with zero attached hydrogens (tertiary/aromatic N) is 1. The number of fused-ring (bicyclic) bond motifs is 2. The minimum Gasteiger partial charge on any atom is -0.497 e. The van der Waals surface area contributed by atoms with Crippen LogP contribution in [0.1, 0.15) is 21.5 Å². The molecule has 5 rings (SSSR count). The third-order valence-corrected chi connectivity index (χ3v) is 5.49. The zero-order chi connectivity index (χ0) is 19.3. The smallest absolute Gasteiger partial charge is 0.202 e. The van der Waals surface area contributed by atoms with Gasteiger partial charge in [0.15, 0.2) is 5.54 Å². The fourth-order valence-corrected chi connectivity index (χ4v) is 4.17. The van der Waals surface area contributed by atoms with Gasteiger partial charge in [-0.05, 0) is 35.9 Å². The first-order chi connectivity index (χ1) is 13.7. The number of nitrogens with one attached hydrogen (secondary N) is 1. The van der Waals surface area contributed by atoms with Crippen molar-refractivity contribution in [2.24, 2.45) is 0 Å². The maximum atomic E-state index is 13.8. The SMILES string of the molecule is COc1ccc2[nH]cc([C@@]3(c4ccccc4)C(=O)c4ccccc4N3O)c2c1. The standard InChI is InChI=1S/C23H18N2O3/c1-28-16-11-12-20-18(13-16)19(14-24-20)23(15-7-3-2-4-8-15)22(26)17-9-5-6-10-21(17)25(23)27/h2-14,24,27H,1H3/t23-/m0/s1. The molecule has 138 valence electrons. The maximum absolute atomic E-state index is 13.8. The molecule has 5 nitrogen and oxygen atoms in total. The molecule has 1 atom stereocenters. The summed E-state index contributed by atoms with van der Waals surface area (Å²) in [5, 5.41) is 13.3. The number of aromatic amines is 1. The van der Waals surface area contributed by atoms with Crippen molar-refractivity contribution >= 4 is 22.4 Å². The van der Waals surface area contributed by atoms with Crippen LogP contribution in [-0.4, -0.2) is 23.1 Å². The molecule has 3 aromatic carbocycles. The number of H-pyrrole nitrogens is 1. The molecule has 2 heterocycles. The third kappa shape index (κ3) is 2.02. The Bertz CT molecular complexity index is 1200. The predicted molar refractivity (Wildman–Crippen MR) is 107 cm³/mol. The Kier molecular flexibility index (Phi) is 3.54. The van der Waals surface area contributed by atoms with Gasteiger partial charge >= 0.3 is 0 Å². The van der Waals surface area contributed by atoms with Gasteiger partial charge in [0.2, 0.25) is 5.78 Å². The van der Waals surface area contributed by atoms with Crippen LogP contribution >= 0.6 is 0 Å². The van der Waals surface area contributed by atoms with Crippen LogP contribution in [0.25, 0.3) is 10.9 Å². The zero-order valence-corrected chi connectivity index (χ0v) is 15.2. The summed E-state index contributed by atoms with van der Waals surface area (Å²) in [7, 11) is 1.61. The first-order valence-corrected chi connectivity index (χ1v) is 9.02. The van der Waals surface area contributed by atoms with E-state index in [-0.39, 0.29) is 5.78 Å². The molecule has 0 unspecified atom stereocenters. The number of benzene rings is 3. The second-order valence-electron chi connectivity index (χ2n) is 6.85. The Hall–Kier alpha value is -3.57. The number of anilines is 1. The highest BCUT2D eigenvalue weighted by Gasteiger charge is 2.55. The van der Waals surface area contributed by atoms with Crippen molar-refractivity contribution in [2.75, 3.05) is 12.2 Å². The molecule has 0 aliphatic carbocycles. The van der Waals surface area contributed by atoms with Crippen molar-refractivity contribution in [3.63, 3.8) is 0 Å². The average molecular weight is 370 g/mol. The summed E-state index contributed by atoms with van der Waals surface area (Å²) < 4.78 is 5.39. The van der Waals surface area contributed by atoms with Crippen LogP contribution in [0.5, 0.6) is 5.75 Å². The van der Waals surface area contributed by atoms with Gasteiger partial charge in [-0.1, -0.05) is 42.5 Å². The van der Waals surface area contributed by atoms with E-state index in [0.29, 0.717) is 28.1 Å². The van der Waals surface area contributed by atoms with Crippen LogP contribution in [0.15, 0.2) is 79.0 Å². The number of carbonyl (C=O) groups is 1. The van der Waals surface area contributed by atoms with E-state index >= 15 is 0 Å². The van der Waals surface area contributed by atoms with Gasteiger partial charge in [0.05, 0.1) is 12.8 Å². The first kappa shape index (κ1) is 16.6. The van der Waals surface area contributed by atoms with Crippen molar-refractivity contribution in [3.05, 3.63) is 95.7 Å². The van der Waals surface area contributed by atoms with Crippen LogP contribution in [0.3, 0.4) is 0 Å². The Morgan fingerprint density at radius 1 is 1.00 bits per heavy atom. The molecule has 28 heavy (non-hydrogen) atoms. The molecule has 0 amide bonds. The predicted octanol–water partition coefficient (Wildman–Crippen LogP) is 4.51. The summed E-state index contributed by atoms with van der Waals surface area (Å²) in [5.41, 5.74) is 1.84. The molecule has 0 radical (unpaired) electrons. The van der Waals surface area contributed by atoms with Gasteiger partial charge in [0.1, 0.15) is 5.75 Å². The van der Waals surface area contributed by atoms with Crippen LogP contribution in [0.2, 0.25) is 0 Å². The monoisotopic (exact) mass is 370 g/mol. The molecule has 0 fully saturated rings. The second-order valence-corrected chi connectivity index (χ2v) is 6.85. The zero-order valence-electron chi connectivity index (χ0n) is 15.2. The van der Waals surface area contributed by atoms with E-state index in [2.05, 4.69) is 4.98 Å². The molecule has 1 aromatic heterocycles. The molecular formula is C23H18N2O3. The molecule has 0 saturated heterocycles. The number of methoxy groups -OCH3 is 1. The minimum atomic E-state index is -1.38. The number of hydroxylamine groups is 1. The molecule has 1 aliphatic rings. The first-order valence-electron chi connectivity index (χ1n) is 9.02. The Morgan fingerprint density at radius 2 is 1.75 bits per heavy atom. The van der Waals surface area contributed by atoms with E-state index in [9.17, 15) is 10.0 Å². The second kappa shape index (κ2) is 5.97. The lowest BCUT2D eigenvalue weighted by Crippen LogP contribution is -2.47. The summed E-state index contributed by atoms with van der Waals surface area (Å²) in [6, 6.07) is 22.2. The lowest BCUT2D eigenvalue weighted by molar-refractivity contribution is 0.0846. The molecule has 0 spiro atoms. The van der Waals surface area contributed by atoms with Gasteiger partial charge in [0, 0.05) is 28.2 Å². The van der Waals surface area contributed by atoms with Gasteiger partial charge in [0.25, 0.3) is 0 Å². The normalized spacial score (nSPS) is 18.5. The maximum Gasteiger partial charge on any atom is 0.202 e. The quantitative estimate of drug-likeness (QED) is 0.557. The topological polar surface area (TPSA) is 65.6 Å². The number of hydrogen-bond donors (Lipinski definition) is 2. The van der Waals surface area contributed by atoms with Crippen LogP contribution in [0, 0.1) is 0 Å². The molecule has 1 aliphatic heterocycles. The molecule has 0 saturated carbocycles. The number of carbonyl (C=O) groups excluding carboxylic acids is 1. The highest BCUT2D eigenvalue weighted by molar-refractivity contribution is 6.17. The number of para-hydroxylation sites is 1. The molecule has 5 heteroatoms. The third-order valence-electron chi connectivity index (χ3n) is 5.49. The van der Waals surface area contributed by atoms with E-state index < -0.39 is 5.54 Å². The number of ether oxygens (including phenoxy) is 1. The number of aromatic nitrogens is 1. The Morgan fingerprint density at radius 3 is 2.50 bits per heavy atom. The number of rotatable bonds is 3. The highest BCUT2D eigenvalue weighted by atomic mass is 16.5. The molecule has 2 N–H and O–H groups in total. The summed E-state index contributed by atoms with van der Waals surface area (Å²) in [6.07, 6.45) is 1.80. The summed E-state index contributed by atoms with van der Waals surface area (Å²) in [4.78, 5) is 17.0. The average Bonchev–Trinajstić information content (AvgIpc) is 3.26. The van der Waals surface area contributed by atoms with E-state index in [0.717, 1.165) is 16.0 Å². The van der Waals surface area contributed by atoms with Gasteiger partial charge < -0.3 is 9.72 Å². The van der Waals surface area contributed by atoms with Gasteiger partial charge in [-0.15, -0.1) is 0 Å². The van der Waals surface area contributed by atoms with Crippen LogP contribution < -0.4 is 9.80 Å². The van der Waals surface area contributed by atoms with Crippen molar-refractivity contribution in [1.29, 1.82) is 0 Å². The number of ketones is 1. The summed E-state index contributed by atoms with van der Waals surface area (Å²) in [5.74, 6) is 0.518. The van der Waals surface area contributed by atoms with Crippen molar-refractivity contribution in [2.45, 2.75) is 5.54 Å². The fraction of sp³-hybridized carbons (Fsp3) is 0.0870. The highest BCUT2D eigenvalue weighted by Crippen LogP contribution is 2.49. The molecular weight excluding hydrogens is 352 g/mol. The minimum absolute atomic E-state index is 0.166. The van der Waals surface area contributed by atoms with Gasteiger partial charge in [-0.25, -0.2) is 5.06 Å². The van der Waals surface area contributed by atoms with Gasteiger partial charge in [-0.3, -0.25) is 10.0 Å². The number of Topliss-reactive ketones (excluding diaryl/α,β-unsaturated/α-hetero) is 1. The van der Waals surface area contributed by atoms with E-state index in [1.165, 1.54) is 0 Å². The van der Waals surface area contributed by atoms with E-state index in [1.54, 1.807) is 25.4 Å². The van der Waals surface area contributed by atoms with Gasteiger partial charge in [-0.2, -0.15) is 0 Å². The lowest BCUT2D eigenvalue weighted by atomic mass is 9.79. The summed E-state index contributed by atoms with van der Waals surface area (Å²) in [6.45, 7) is 0. The van der Waals surface area contributed by atoms with E-state index in [1.807, 2.05) is 60.7 Å². The van der Waals surface area contributed by atoms with Crippen molar-refractivity contribution in [1.82, 2.24) is 4.98 Å². The molecule has 4 aromatic rings. The van der Waals surface area contributed by atoms with Crippen LogP contribution in [0.4, 0.5) is 5.69 Å². The Balaban J connectivity index is 1.87. The Labute approximate surface area is 161 Å². The lowest BCUT2D eigenvalue weighted by Gasteiger charge is -2.34. The van der Waals surface area contributed by atoms with E-state index in [4.69, 9.17) is 4.74 Å². The van der Waals surface area contributed by atoms with Crippen molar-refractivity contribution in [3.8, 4) is 5.75 Å². The summed E-state index contributed by atoms with van der Waals surface area (Å²) >= 11 is 0. The fourth-order valence-electron chi connectivity index (χ4n) is 4.17. The molecule has 0 bridgehead atoms. The van der Waals surface area contributed by atoms with Crippen molar-refractivity contribution < 1.29 is 14.7 Å². The van der Waals surface area contributed by atoms with Crippen LogP contribution in [-0.2, 0) is 5.54 Å². The largest absolute Gasteiger partial charge is 0.497 e.